The van der Waals surface area contributed by atoms with E-state index >= 15 is 0 Å². The quantitative estimate of drug-likeness (QED) is 0.913. The molecule has 0 aliphatic heterocycles. The number of nitrogens with two attached hydrogens (primary N) is 1. The molecule has 100 valence electrons. The second kappa shape index (κ2) is 6.64. The van der Waals surface area contributed by atoms with Crippen LogP contribution >= 0.6 is 11.6 Å². The highest BCUT2D eigenvalue weighted by molar-refractivity contribution is 6.30. The monoisotopic (exact) mass is 275 g/mol. The van der Waals surface area contributed by atoms with Crippen molar-refractivity contribution in [2.75, 3.05) is 0 Å². The van der Waals surface area contributed by atoms with Gasteiger partial charge in [0, 0.05) is 29.9 Å². The normalized spacial score (nSPS) is 12.4. The zero-order chi connectivity index (χ0) is 13.7. The molecular formula is C15H18ClN3. The average Bonchev–Trinajstić information content (AvgIpc) is 2.41. The van der Waals surface area contributed by atoms with Crippen molar-refractivity contribution in [2.45, 2.75) is 32.2 Å². The molecule has 0 fully saturated rings. The molecule has 19 heavy (non-hydrogen) atoms. The Hall–Kier alpha value is -1.45. The molecule has 2 N–H and O–H groups in total. The van der Waals surface area contributed by atoms with Gasteiger partial charge in [-0.1, -0.05) is 30.7 Å². The Morgan fingerprint density at radius 3 is 2.58 bits per heavy atom. The number of aromatic nitrogens is 2. The van der Waals surface area contributed by atoms with E-state index in [0.29, 0.717) is 6.42 Å². The van der Waals surface area contributed by atoms with Gasteiger partial charge in [0.25, 0.3) is 0 Å². The lowest BCUT2D eigenvalue weighted by molar-refractivity contribution is 0.642. The fourth-order valence-corrected chi connectivity index (χ4v) is 2.07. The topological polar surface area (TPSA) is 51.8 Å². The second-order valence-corrected chi connectivity index (χ2v) is 5.12. The summed E-state index contributed by atoms with van der Waals surface area (Å²) in [6, 6.07) is 7.94. The van der Waals surface area contributed by atoms with E-state index in [9.17, 15) is 0 Å². The van der Waals surface area contributed by atoms with Crippen LogP contribution in [0.5, 0.6) is 0 Å². The largest absolute Gasteiger partial charge is 0.327 e. The third kappa shape index (κ3) is 4.30. The van der Waals surface area contributed by atoms with Crippen LogP contribution in [0.3, 0.4) is 0 Å². The van der Waals surface area contributed by atoms with Crippen LogP contribution in [0.4, 0.5) is 0 Å². The maximum Gasteiger partial charge on any atom is 0.132 e. The lowest BCUT2D eigenvalue weighted by Crippen LogP contribution is -2.21. The van der Waals surface area contributed by atoms with Gasteiger partial charge in [0.05, 0.1) is 0 Å². The fourth-order valence-electron chi connectivity index (χ4n) is 1.85. The van der Waals surface area contributed by atoms with Gasteiger partial charge in [0.2, 0.25) is 0 Å². The lowest BCUT2D eigenvalue weighted by atomic mass is 10.1. The zero-order valence-corrected chi connectivity index (χ0v) is 11.8. The third-order valence-corrected chi connectivity index (χ3v) is 3.27. The predicted molar refractivity (Wildman–Crippen MR) is 78.3 cm³/mol. The molecule has 1 atom stereocenters. The van der Waals surface area contributed by atoms with Gasteiger partial charge in [0.1, 0.15) is 5.82 Å². The highest BCUT2D eigenvalue weighted by Gasteiger charge is 2.04. The van der Waals surface area contributed by atoms with Crippen molar-refractivity contribution in [3.8, 4) is 0 Å². The van der Waals surface area contributed by atoms with Gasteiger partial charge in [-0.15, -0.1) is 0 Å². The average molecular weight is 276 g/mol. The van der Waals surface area contributed by atoms with E-state index < -0.39 is 0 Å². The van der Waals surface area contributed by atoms with Crippen molar-refractivity contribution in [3.63, 3.8) is 0 Å². The molecule has 0 saturated carbocycles. The summed E-state index contributed by atoms with van der Waals surface area (Å²) in [5.41, 5.74) is 8.12. The van der Waals surface area contributed by atoms with Crippen LogP contribution in [0, 0.1) is 0 Å². The number of hydrogen-bond donors (Lipinski definition) is 1. The first kappa shape index (κ1) is 14.0. The highest BCUT2D eigenvalue weighted by atomic mass is 35.5. The molecule has 0 radical (unpaired) electrons. The van der Waals surface area contributed by atoms with Gasteiger partial charge in [-0.2, -0.15) is 0 Å². The molecule has 0 aliphatic rings. The number of halogens is 1. The maximum atomic E-state index is 5.95. The van der Waals surface area contributed by atoms with Crippen LogP contribution in [0.25, 0.3) is 0 Å². The summed E-state index contributed by atoms with van der Waals surface area (Å²) in [4.78, 5) is 8.76. The van der Waals surface area contributed by atoms with Gasteiger partial charge in [-0.3, -0.25) is 0 Å². The molecule has 0 aliphatic carbocycles. The van der Waals surface area contributed by atoms with Crippen molar-refractivity contribution < 1.29 is 0 Å². The molecule has 1 aromatic carbocycles. The van der Waals surface area contributed by atoms with Crippen LogP contribution in [0.15, 0.2) is 36.7 Å². The Morgan fingerprint density at radius 2 is 1.95 bits per heavy atom. The van der Waals surface area contributed by atoms with Crippen molar-refractivity contribution >= 4 is 11.6 Å². The van der Waals surface area contributed by atoms with E-state index in [1.165, 1.54) is 0 Å². The molecule has 3 nitrogen and oxygen atoms in total. The summed E-state index contributed by atoms with van der Waals surface area (Å²) in [5, 5.41) is 0.739. The summed E-state index contributed by atoms with van der Waals surface area (Å²) in [6.45, 7) is 2.08. The van der Waals surface area contributed by atoms with Crippen LogP contribution in [-0.2, 0) is 12.8 Å². The Morgan fingerprint density at radius 1 is 1.21 bits per heavy atom. The number of nitrogens with zero attached hydrogens (tertiary/aromatic N) is 2. The van der Waals surface area contributed by atoms with Crippen LogP contribution < -0.4 is 5.73 Å². The summed E-state index contributed by atoms with van der Waals surface area (Å²) < 4.78 is 0. The highest BCUT2D eigenvalue weighted by Crippen LogP contribution is 2.13. The zero-order valence-electron chi connectivity index (χ0n) is 11.0. The van der Waals surface area contributed by atoms with Gasteiger partial charge in [0.15, 0.2) is 0 Å². The Bertz CT molecular complexity index is 525. The summed E-state index contributed by atoms with van der Waals surface area (Å²) in [5.74, 6) is 0.802. The maximum absolute atomic E-state index is 5.95. The molecule has 0 saturated heterocycles. The van der Waals surface area contributed by atoms with Crippen molar-refractivity contribution in [3.05, 3.63) is 58.6 Å². The smallest absolute Gasteiger partial charge is 0.132 e. The molecule has 0 amide bonds. The number of rotatable bonds is 5. The number of hydrogen-bond acceptors (Lipinski definition) is 3. The molecule has 4 heteroatoms. The van der Waals surface area contributed by atoms with E-state index in [1.807, 2.05) is 36.7 Å². The third-order valence-electron chi connectivity index (χ3n) is 3.03. The van der Waals surface area contributed by atoms with Crippen molar-refractivity contribution in [2.24, 2.45) is 5.73 Å². The van der Waals surface area contributed by atoms with Crippen molar-refractivity contribution in [1.29, 1.82) is 0 Å². The first-order chi connectivity index (χ1) is 9.17. The van der Waals surface area contributed by atoms with E-state index in [-0.39, 0.29) is 6.04 Å². The Balaban J connectivity index is 2.02. The predicted octanol–water partition coefficient (Wildman–Crippen LogP) is 3.00. The Kier molecular flexibility index (Phi) is 4.88. The Labute approximate surface area is 118 Å². The van der Waals surface area contributed by atoms with Gasteiger partial charge >= 0.3 is 0 Å². The second-order valence-electron chi connectivity index (χ2n) is 4.69. The van der Waals surface area contributed by atoms with Gasteiger partial charge in [-0.25, -0.2) is 9.97 Å². The SMILES string of the molecule is CCC(N)Cc1cnc(Cc2cccc(Cl)c2)nc1. The standard InChI is InChI=1S/C15H18ClN3/c1-2-14(17)7-12-9-18-15(19-10-12)8-11-4-3-5-13(16)6-11/h3-6,9-10,14H,2,7-8,17H2,1H3. The lowest BCUT2D eigenvalue weighted by Gasteiger charge is -2.08. The minimum absolute atomic E-state index is 0.183. The molecule has 1 heterocycles. The first-order valence-corrected chi connectivity index (χ1v) is 6.85. The van der Waals surface area contributed by atoms with E-state index in [1.54, 1.807) is 0 Å². The molecule has 1 aromatic heterocycles. The number of benzene rings is 1. The molecule has 1 unspecified atom stereocenters. The molecule has 2 aromatic rings. The summed E-state index contributed by atoms with van der Waals surface area (Å²) >= 11 is 5.95. The van der Waals surface area contributed by atoms with Crippen molar-refractivity contribution in [1.82, 2.24) is 9.97 Å². The van der Waals surface area contributed by atoms with E-state index in [2.05, 4.69) is 16.9 Å². The summed E-state index contributed by atoms with van der Waals surface area (Å²) in [7, 11) is 0. The first-order valence-electron chi connectivity index (χ1n) is 6.47. The van der Waals surface area contributed by atoms with E-state index in [0.717, 1.165) is 34.8 Å². The molecule has 0 spiro atoms. The minimum atomic E-state index is 0.183. The fraction of sp³-hybridized carbons (Fsp3) is 0.333. The van der Waals surface area contributed by atoms with Crippen LogP contribution in [0.1, 0.15) is 30.3 Å². The molecule has 0 bridgehead atoms. The van der Waals surface area contributed by atoms with Crippen LogP contribution in [0.2, 0.25) is 5.02 Å². The van der Waals surface area contributed by atoms with E-state index in [4.69, 9.17) is 17.3 Å². The van der Waals surface area contributed by atoms with Gasteiger partial charge < -0.3 is 5.73 Å². The molecule has 2 rings (SSSR count). The van der Waals surface area contributed by atoms with Gasteiger partial charge in [-0.05, 0) is 36.1 Å². The summed E-state index contributed by atoms with van der Waals surface area (Å²) in [6.07, 6.45) is 6.21. The van der Waals surface area contributed by atoms with Crippen LogP contribution in [-0.4, -0.2) is 16.0 Å². The minimum Gasteiger partial charge on any atom is -0.327 e. The molecular weight excluding hydrogens is 258 g/mol.